The van der Waals surface area contributed by atoms with Crippen molar-refractivity contribution >= 4 is 27.7 Å². The Morgan fingerprint density at radius 2 is 1.94 bits per heavy atom. The first-order valence-electron chi connectivity index (χ1n) is 5.12. The van der Waals surface area contributed by atoms with Gasteiger partial charge in [0.15, 0.2) is 0 Å². The van der Waals surface area contributed by atoms with Crippen LogP contribution < -0.4 is 4.72 Å². The number of nitrogens with one attached hydrogen (secondary N) is 1. The monoisotopic (exact) mass is 258 g/mol. The number of thioether (sulfide) groups is 1. The van der Waals surface area contributed by atoms with Gasteiger partial charge < -0.3 is 0 Å². The Morgan fingerprint density at radius 1 is 1.31 bits per heavy atom. The second-order valence-corrected chi connectivity index (χ2v) is 6.47. The Balaban J connectivity index is 2.04. The molecule has 1 fully saturated rings. The molecular formula is C10H14N2O2S2. The maximum atomic E-state index is 11.6. The van der Waals surface area contributed by atoms with Crippen LogP contribution in [0.25, 0.3) is 0 Å². The Bertz CT molecular complexity index is 452. The van der Waals surface area contributed by atoms with Gasteiger partial charge >= 0.3 is 10.2 Å². The molecule has 1 aromatic rings. The second-order valence-electron chi connectivity index (χ2n) is 3.46. The SMILES string of the molecule is CCSc1ccc(NS(=O)(=O)N2CC2)cc1. The number of hydrogen-bond acceptors (Lipinski definition) is 3. The third-order valence-electron chi connectivity index (χ3n) is 2.16. The van der Waals surface area contributed by atoms with Gasteiger partial charge in [0, 0.05) is 23.7 Å². The van der Waals surface area contributed by atoms with E-state index >= 15 is 0 Å². The van der Waals surface area contributed by atoms with Gasteiger partial charge in [-0.25, -0.2) is 0 Å². The van der Waals surface area contributed by atoms with Crippen LogP contribution in [0, 0.1) is 0 Å². The third-order valence-corrected chi connectivity index (χ3v) is 4.59. The van der Waals surface area contributed by atoms with Crippen molar-refractivity contribution < 1.29 is 8.42 Å². The summed E-state index contributed by atoms with van der Waals surface area (Å²) in [5.74, 6) is 1.01. The Labute approximate surface area is 100 Å². The van der Waals surface area contributed by atoms with Crippen LogP contribution in [0.1, 0.15) is 6.92 Å². The van der Waals surface area contributed by atoms with Gasteiger partial charge in [-0.05, 0) is 30.0 Å². The van der Waals surface area contributed by atoms with E-state index in [0.717, 1.165) is 10.6 Å². The lowest BCUT2D eigenvalue weighted by Gasteiger charge is -2.08. The predicted octanol–water partition coefficient (Wildman–Crippen LogP) is 1.77. The van der Waals surface area contributed by atoms with Crippen molar-refractivity contribution in [2.24, 2.45) is 0 Å². The highest BCUT2D eigenvalue weighted by Gasteiger charge is 2.31. The summed E-state index contributed by atoms with van der Waals surface area (Å²) in [6, 6.07) is 7.43. The highest BCUT2D eigenvalue weighted by atomic mass is 32.2. The number of benzene rings is 1. The van der Waals surface area contributed by atoms with Crippen LogP contribution in [0.3, 0.4) is 0 Å². The molecule has 4 nitrogen and oxygen atoms in total. The fraction of sp³-hybridized carbons (Fsp3) is 0.400. The Kier molecular flexibility index (Phi) is 3.41. The van der Waals surface area contributed by atoms with Gasteiger partial charge in [-0.15, -0.1) is 11.8 Å². The molecule has 1 aliphatic rings. The molecule has 2 rings (SSSR count). The molecule has 0 aromatic heterocycles. The molecule has 0 spiro atoms. The molecule has 1 aromatic carbocycles. The number of rotatable bonds is 5. The molecule has 0 atom stereocenters. The van der Waals surface area contributed by atoms with Crippen molar-refractivity contribution in [3.63, 3.8) is 0 Å². The van der Waals surface area contributed by atoms with Crippen LogP contribution in [-0.2, 0) is 10.2 Å². The van der Waals surface area contributed by atoms with E-state index in [9.17, 15) is 8.42 Å². The van der Waals surface area contributed by atoms with E-state index in [4.69, 9.17) is 0 Å². The molecule has 1 saturated heterocycles. The van der Waals surface area contributed by atoms with E-state index in [1.807, 2.05) is 12.1 Å². The minimum Gasteiger partial charge on any atom is -0.271 e. The summed E-state index contributed by atoms with van der Waals surface area (Å²) < 4.78 is 27.1. The smallest absolute Gasteiger partial charge is 0.271 e. The highest BCUT2D eigenvalue weighted by molar-refractivity contribution is 7.99. The highest BCUT2D eigenvalue weighted by Crippen LogP contribution is 2.21. The van der Waals surface area contributed by atoms with Crippen molar-refractivity contribution in [1.82, 2.24) is 4.31 Å². The van der Waals surface area contributed by atoms with Crippen LogP contribution in [0.15, 0.2) is 29.2 Å². The lowest BCUT2D eigenvalue weighted by molar-refractivity contribution is 0.569. The lowest BCUT2D eigenvalue weighted by Crippen LogP contribution is -2.20. The van der Waals surface area contributed by atoms with Gasteiger partial charge in [0.1, 0.15) is 0 Å². The third kappa shape index (κ3) is 2.90. The molecular weight excluding hydrogens is 244 g/mol. The molecule has 0 aliphatic carbocycles. The summed E-state index contributed by atoms with van der Waals surface area (Å²) in [4.78, 5) is 1.15. The minimum absolute atomic E-state index is 0.618. The number of nitrogens with zero attached hydrogens (tertiary/aromatic N) is 1. The van der Waals surface area contributed by atoms with Crippen molar-refractivity contribution in [2.75, 3.05) is 23.6 Å². The summed E-state index contributed by atoms with van der Waals surface area (Å²) >= 11 is 1.73. The summed E-state index contributed by atoms with van der Waals surface area (Å²) in [7, 11) is -3.29. The van der Waals surface area contributed by atoms with Crippen LogP contribution in [0.5, 0.6) is 0 Å². The zero-order valence-electron chi connectivity index (χ0n) is 9.01. The summed E-state index contributed by atoms with van der Waals surface area (Å²) in [6.07, 6.45) is 0. The first kappa shape index (κ1) is 11.8. The largest absolute Gasteiger partial charge is 0.301 e. The van der Waals surface area contributed by atoms with E-state index < -0.39 is 10.2 Å². The molecule has 6 heteroatoms. The quantitative estimate of drug-likeness (QED) is 0.647. The molecule has 1 heterocycles. The van der Waals surface area contributed by atoms with Crippen LogP contribution in [0.2, 0.25) is 0 Å². The first-order valence-corrected chi connectivity index (χ1v) is 7.55. The standard InChI is InChI=1S/C10H14N2O2S2/c1-2-15-10-5-3-9(4-6-10)11-16(13,14)12-7-8-12/h3-6,11H,2,7-8H2,1H3. The second kappa shape index (κ2) is 4.65. The minimum atomic E-state index is -3.29. The van der Waals surface area contributed by atoms with E-state index in [2.05, 4.69) is 11.6 Å². The van der Waals surface area contributed by atoms with Gasteiger partial charge in [0.2, 0.25) is 0 Å². The van der Waals surface area contributed by atoms with Gasteiger partial charge in [-0.2, -0.15) is 12.7 Å². The molecule has 0 bridgehead atoms. The fourth-order valence-corrected chi connectivity index (χ4v) is 3.07. The van der Waals surface area contributed by atoms with E-state index in [0.29, 0.717) is 18.8 Å². The van der Waals surface area contributed by atoms with Crippen molar-refractivity contribution in [3.05, 3.63) is 24.3 Å². The molecule has 0 saturated carbocycles. The maximum Gasteiger partial charge on any atom is 0.301 e. The van der Waals surface area contributed by atoms with E-state index in [1.165, 1.54) is 4.31 Å². The van der Waals surface area contributed by atoms with Crippen LogP contribution in [-0.4, -0.2) is 31.6 Å². The van der Waals surface area contributed by atoms with Gasteiger partial charge in [-0.3, -0.25) is 4.72 Å². The first-order chi connectivity index (χ1) is 7.62. The average molecular weight is 258 g/mol. The van der Waals surface area contributed by atoms with Crippen LogP contribution >= 0.6 is 11.8 Å². The molecule has 0 unspecified atom stereocenters. The van der Waals surface area contributed by atoms with Crippen molar-refractivity contribution in [1.29, 1.82) is 0 Å². The average Bonchev–Trinajstić information content (AvgIpc) is 3.04. The summed E-state index contributed by atoms with van der Waals surface area (Å²) in [5.41, 5.74) is 0.618. The van der Waals surface area contributed by atoms with E-state index in [-0.39, 0.29) is 0 Å². The molecule has 1 N–H and O–H groups in total. The zero-order chi connectivity index (χ0) is 11.6. The molecule has 0 amide bonds. The summed E-state index contributed by atoms with van der Waals surface area (Å²) in [6.45, 7) is 3.33. The van der Waals surface area contributed by atoms with Gasteiger partial charge in [0.25, 0.3) is 0 Å². The Hall–Kier alpha value is -0.720. The molecule has 0 radical (unpaired) electrons. The predicted molar refractivity (Wildman–Crippen MR) is 67.0 cm³/mol. The van der Waals surface area contributed by atoms with Crippen LogP contribution in [0.4, 0.5) is 5.69 Å². The van der Waals surface area contributed by atoms with Crippen molar-refractivity contribution in [2.45, 2.75) is 11.8 Å². The normalized spacial score (nSPS) is 16.1. The van der Waals surface area contributed by atoms with E-state index in [1.54, 1.807) is 23.9 Å². The topological polar surface area (TPSA) is 49.2 Å². The molecule has 88 valence electrons. The Morgan fingerprint density at radius 3 is 2.44 bits per heavy atom. The zero-order valence-corrected chi connectivity index (χ0v) is 10.6. The lowest BCUT2D eigenvalue weighted by atomic mass is 10.3. The summed E-state index contributed by atoms with van der Waals surface area (Å²) in [5, 5.41) is 0. The number of anilines is 1. The van der Waals surface area contributed by atoms with Crippen molar-refractivity contribution in [3.8, 4) is 0 Å². The number of hydrogen-bond donors (Lipinski definition) is 1. The molecule has 1 aliphatic heterocycles. The fourth-order valence-electron chi connectivity index (χ4n) is 1.28. The maximum absolute atomic E-state index is 11.6. The van der Waals surface area contributed by atoms with Gasteiger partial charge in [-0.1, -0.05) is 6.92 Å². The van der Waals surface area contributed by atoms with Gasteiger partial charge in [0.05, 0.1) is 0 Å². The molecule has 16 heavy (non-hydrogen) atoms.